The van der Waals surface area contributed by atoms with Crippen LogP contribution in [0.1, 0.15) is 26.5 Å². The number of amides is 1. The lowest BCUT2D eigenvalue weighted by molar-refractivity contribution is 0.188. The van der Waals surface area contributed by atoms with Crippen molar-refractivity contribution in [2.75, 3.05) is 0 Å². The van der Waals surface area contributed by atoms with Crippen molar-refractivity contribution in [2.24, 2.45) is 0 Å². The molecule has 0 unspecified atom stereocenters. The van der Waals surface area contributed by atoms with Crippen LogP contribution in [0, 0.1) is 6.92 Å². The maximum Gasteiger partial charge on any atom is 0.414 e. The molecule has 0 atom stereocenters. The molecule has 82 valence electrons. The summed E-state index contributed by atoms with van der Waals surface area (Å²) in [6, 6.07) is 0. The van der Waals surface area contributed by atoms with Gasteiger partial charge in [-0.25, -0.2) is 9.78 Å². The van der Waals surface area contributed by atoms with Gasteiger partial charge in [-0.2, -0.15) is 0 Å². The van der Waals surface area contributed by atoms with Crippen molar-refractivity contribution in [3.63, 3.8) is 0 Å². The summed E-state index contributed by atoms with van der Waals surface area (Å²) in [5, 5.41) is 2.65. The Hall–Kier alpha value is -1.65. The van der Waals surface area contributed by atoms with Gasteiger partial charge in [0.2, 0.25) is 5.88 Å². The molecule has 15 heavy (non-hydrogen) atoms. The lowest BCUT2D eigenvalue weighted by Crippen LogP contribution is -2.42. The van der Waals surface area contributed by atoms with E-state index >= 15 is 0 Å². The fraction of sp³-hybridized carbons (Fsp3) is 0.500. The van der Waals surface area contributed by atoms with Crippen LogP contribution >= 0.6 is 0 Å². The van der Waals surface area contributed by atoms with E-state index in [1.165, 1.54) is 6.20 Å². The second-order valence-corrected chi connectivity index (χ2v) is 4.26. The number of hydrogen-bond acceptors (Lipinski definition) is 4. The van der Waals surface area contributed by atoms with Crippen molar-refractivity contribution in [2.45, 2.75) is 33.2 Å². The summed E-state index contributed by atoms with van der Waals surface area (Å²) in [6.45, 7) is 7.42. The molecule has 1 aromatic rings. The number of aromatic nitrogens is 2. The fourth-order valence-electron chi connectivity index (χ4n) is 0.860. The molecular formula is C10H15N3O2. The first-order valence-electron chi connectivity index (χ1n) is 4.65. The summed E-state index contributed by atoms with van der Waals surface area (Å²) in [7, 11) is 0. The molecule has 0 saturated heterocycles. The maximum absolute atomic E-state index is 11.3. The van der Waals surface area contributed by atoms with Crippen LogP contribution < -0.4 is 10.1 Å². The molecule has 0 aliphatic heterocycles. The number of nitrogens with one attached hydrogen (secondary N) is 1. The first-order valence-corrected chi connectivity index (χ1v) is 4.65. The van der Waals surface area contributed by atoms with E-state index in [9.17, 15) is 4.79 Å². The van der Waals surface area contributed by atoms with E-state index in [0.29, 0.717) is 0 Å². The van der Waals surface area contributed by atoms with Gasteiger partial charge in [0.05, 0.1) is 18.1 Å². The number of nitrogens with zero attached hydrogens (tertiary/aromatic N) is 2. The molecule has 0 fully saturated rings. The molecule has 0 aliphatic carbocycles. The molecule has 5 nitrogen and oxygen atoms in total. The van der Waals surface area contributed by atoms with Crippen LogP contribution in [0.5, 0.6) is 5.88 Å². The van der Waals surface area contributed by atoms with Crippen molar-refractivity contribution in [3.8, 4) is 5.88 Å². The van der Waals surface area contributed by atoms with E-state index < -0.39 is 6.09 Å². The highest BCUT2D eigenvalue weighted by atomic mass is 16.6. The predicted molar refractivity (Wildman–Crippen MR) is 55.7 cm³/mol. The van der Waals surface area contributed by atoms with E-state index in [0.717, 1.165) is 5.69 Å². The van der Waals surface area contributed by atoms with Crippen LogP contribution in [0.25, 0.3) is 0 Å². The van der Waals surface area contributed by atoms with Crippen molar-refractivity contribution in [1.29, 1.82) is 0 Å². The number of carbonyl (C=O) groups is 1. The Balaban J connectivity index is 2.55. The Bertz CT molecular complexity index is 341. The van der Waals surface area contributed by atoms with Gasteiger partial charge in [-0.3, -0.25) is 4.98 Å². The van der Waals surface area contributed by atoms with Gasteiger partial charge in [-0.05, 0) is 27.7 Å². The fourth-order valence-corrected chi connectivity index (χ4v) is 0.860. The summed E-state index contributed by atoms with van der Waals surface area (Å²) < 4.78 is 4.92. The second kappa shape index (κ2) is 4.25. The van der Waals surface area contributed by atoms with Gasteiger partial charge < -0.3 is 10.1 Å². The van der Waals surface area contributed by atoms with Gasteiger partial charge in [-0.1, -0.05) is 0 Å². The van der Waals surface area contributed by atoms with Crippen molar-refractivity contribution in [3.05, 3.63) is 18.1 Å². The standard InChI is InChI=1S/C10H15N3O2/c1-7-5-12-8(6-11-7)15-9(14)13-10(2,3)4/h5-6H,1-4H3,(H,13,14). The van der Waals surface area contributed by atoms with Gasteiger partial charge in [0.25, 0.3) is 0 Å². The summed E-state index contributed by atoms with van der Waals surface area (Å²) in [4.78, 5) is 19.2. The van der Waals surface area contributed by atoms with Crippen LogP contribution in [0.2, 0.25) is 0 Å². The molecule has 0 bridgehead atoms. The van der Waals surface area contributed by atoms with Crippen LogP contribution in [0.3, 0.4) is 0 Å². The monoisotopic (exact) mass is 209 g/mol. The van der Waals surface area contributed by atoms with Gasteiger partial charge in [-0.15, -0.1) is 0 Å². The highest BCUT2D eigenvalue weighted by Gasteiger charge is 2.15. The Morgan fingerprint density at radius 1 is 1.33 bits per heavy atom. The number of rotatable bonds is 1. The number of hydrogen-bond donors (Lipinski definition) is 1. The minimum Gasteiger partial charge on any atom is -0.390 e. The molecule has 5 heteroatoms. The smallest absolute Gasteiger partial charge is 0.390 e. The molecule has 0 radical (unpaired) electrons. The van der Waals surface area contributed by atoms with Gasteiger partial charge in [0.15, 0.2) is 0 Å². The molecule has 1 amide bonds. The molecule has 1 rings (SSSR count). The maximum atomic E-state index is 11.3. The third-order valence-corrected chi connectivity index (χ3v) is 1.43. The Morgan fingerprint density at radius 2 is 2.00 bits per heavy atom. The zero-order valence-corrected chi connectivity index (χ0v) is 9.37. The first kappa shape index (κ1) is 11.4. The van der Waals surface area contributed by atoms with Gasteiger partial charge in [0.1, 0.15) is 0 Å². The van der Waals surface area contributed by atoms with Crippen LogP contribution in [0.15, 0.2) is 12.4 Å². The molecule has 0 aromatic carbocycles. The Kier molecular flexibility index (Phi) is 3.24. The van der Waals surface area contributed by atoms with Crippen LogP contribution in [-0.4, -0.2) is 21.6 Å². The van der Waals surface area contributed by atoms with Gasteiger partial charge in [0, 0.05) is 5.54 Å². The van der Waals surface area contributed by atoms with Crippen LogP contribution in [-0.2, 0) is 0 Å². The highest BCUT2D eigenvalue weighted by Crippen LogP contribution is 2.05. The van der Waals surface area contributed by atoms with E-state index in [1.54, 1.807) is 6.20 Å². The minimum absolute atomic E-state index is 0.197. The Labute approximate surface area is 88.9 Å². The van der Waals surface area contributed by atoms with E-state index in [-0.39, 0.29) is 11.4 Å². The number of ether oxygens (including phenoxy) is 1. The first-order chi connectivity index (χ1) is 6.87. The number of aryl methyl sites for hydroxylation is 1. The molecule has 1 aromatic heterocycles. The third-order valence-electron chi connectivity index (χ3n) is 1.43. The lowest BCUT2D eigenvalue weighted by Gasteiger charge is -2.19. The van der Waals surface area contributed by atoms with Crippen molar-refractivity contribution in [1.82, 2.24) is 15.3 Å². The van der Waals surface area contributed by atoms with E-state index in [2.05, 4.69) is 15.3 Å². The SMILES string of the molecule is Cc1cnc(OC(=O)NC(C)(C)C)cn1. The summed E-state index contributed by atoms with van der Waals surface area (Å²) in [5.41, 5.74) is 0.452. The minimum atomic E-state index is -0.527. The van der Waals surface area contributed by atoms with Crippen molar-refractivity contribution >= 4 is 6.09 Å². The summed E-state index contributed by atoms with van der Waals surface area (Å²) in [5.74, 6) is 0.197. The predicted octanol–water partition coefficient (Wildman–Crippen LogP) is 1.67. The zero-order valence-electron chi connectivity index (χ0n) is 9.37. The van der Waals surface area contributed by atoms with E-state index in [1.807, 2.05) is 27.7 Å². The zero-order chi connectivity index (χ0) is 11.5. The van der Waals surface area contributed by atoms with Crippen LogP contribution in [0.4, 0.5) is 4.79 Å². The Morgan fingerprint density at radius 3 is 2.47 bits per heavy atom. The second-order valence-electron chi connectivity index (χ2n) is 4.26. The topological polar surface area (TPSA) is 64.1 Å². The summed E-state index contributed by atoms with van der Waals surface area (Å²) in [6.07, 6.45) is 2.43. The summed E-state index contributed by atoms with van der Waals surface area (Å²) >= 11 is 0. The molecule has 0 saturated carbocycles. The molecule has 0 spiro atoms. The average Bonchev–Trinajstić information content (AvgIpc) is 2.05. The largest absolute Gasteiger partial charge is 0.414 e. The quantitative estimate of drug-likeness (QED) is 0.764. The normalized spacial score (nSPS) is 10.9. The van der Waals surface area contributed by atoms with Crippen molar-refractivity contribution < 1.29 is 9.53 Å². The lowest BCUT2D eigenvalue weighted by atomic mass is 10.1. The highest BCUT2D eigenvalue weighted by molar-refractivity contribution is 5.70. The van der Waals surface area contributed by atoms with Gasteiger partial charge >= 0.3 is 6.09 Å². The average molecular weight is 209 g/mol. The number of carbonyl (C=O) groups excluding carboxylic acids is 1. The van der Waals surface area contributed by atoms with E-state index in [4.69, 9.17) is 4.74 Å². The molecule has 1 heterocycles. The molecule has 0 aliphatic rings. The molecule has 1 N–H and O–H groups in total. The molecular weight excluding hydrogens is 194 g/mol. The third kappa shape index (κ3) is 4.39.